The number of carbonyl (C=O) groups is 2. The number of ketones is 1. The summed E-state index contributed by atoms with van der Waals surface area (Å²) in [6.07, 6.45) is 2.23. The van der Waals surface area contributed by atoms with E-state index in [1.54, 1.807) is 36.9 Å². The molecule has 1 saturated heterocycles. The van der Waals surface area contributed by atoms with Crippen molar-refractivity contribution in [3.63, 3.8) is 0 Å². The van der Waals surface area contributed by atoms with Crippen LogP contribution in [0.4, 0.5) is 0 Å². The second-order valence-corrected chi connectivity index (χ2v) is 5.15. The summed E-state index contributed by atoms with van der Waals surface area (Å²) < 4.78 is 0. The average molecular weight is 261 g/mol. The Morgan fingerprint density at radius 1 is 1.42 bits per heavy atom. The van der Waals surface area contributed by atoms with E-state index in [-0.39, 0.29) is 23.5 Å². The second-order valence-electron chi connectivity index (χ2n) is 5.15. The van der Waals surface area contributed by atoms with Crippen molar-refractivity contribution >= 4 is 11.7 Å². The molecule has 0 aliphatic carbocycles. The van der Waals surface area contributed by atoms with Crippen molar-refractivity contribution in [2.45, 2.75) is 39.2 Å². The summed E-state index contributed by atoms with van der Waals surface area (Å²) in [5.74, 6) is 0.155. The largest absolute Gasteiger partial charge is 0.508 e. The van der Waals surface area contributed by atoms with Crippen LogP contribution >= 0.6 is 0 Å². The number of nitrogens with zero attached hydrogens (tertiary/aromatic N) is 1. The monoisotopic (exact) mass is 261 g/mol. The number of aromatic hydroxyl groups is 1. The predicted octanol–water partition coefficient (Wildman–Crippen LogP) is 2.28. The zero-order valence-corrected chi connectivity index (χ0v) is 11.3. The number of rotatable bonds is 3. The molecule has 1 heterocycles. The number of amides is 1. The first kappa shape index (κ1) is 13.6. The molecular weight excluding hydrogens is 242 g/mol. The number of hydrogen-bond donors (Lipinski definition) is 1. The number of phenolic OH excluding ortho intramolecular Hbond substituents is 1. The molecule has 0 radical (unpaired) electrons. The van der Waals surface area contributed by atoms with Crippen LogP contribution in [-0.2, 0) is 4.79 Å². The van der Waals surface area contributed by atoms with Crippen molar-refractivity contribution < 1.29 is 14.7 Å². The van der Waals surface area contributed by atoms with Gasteiger partial charge in [-0.1, -0.05) is 6.07 Å². The van der Waals surface area contributed by atoms with Gasteiger partial charge in [0.1, 0.15) is 11.5 Å². The summed E-state index contributed by atoms with van der Waals surface area (Å²) in [6, 6.07) is 4.97. The second kappa shape index (κ2) is 5.43. The molecular formula is C15H19NO3. The van der Waals surface area contributed by atoms with Crippen LogP contribution in [0, 0.1) is 6.92 Å². The van der Waals surface area contributed by atoms with Gasteiger partial charge in [-0.2, -0.15) is 0 Å². The van der Waals surface area contributed by atoms with Gasteiger partial charge in [0.05, 0.1) is 0 Å². The zero-order chi connectivity index (χ0) is 14.0. The van der Waals surface area contributed by atoms with Gasteiger partial charge < -0.3 is 10.0 Å². The lowest BCUT2D eigenvalue weighted by Crippen LogP contribution is -2.36. The predicted molar refractivity (Wildman–Crippen MR) is 72.2 cm³/mol. The maximum Gasteiger partial charge on any atom is 0.254 e. The van der Waals surface area contributed by atoms with E-state index in [0.29, 0.717) is 24.1 Å². The molecule has 1 aliphatic heterocycles. The first-order chi connectivity index (χ1) is 9.00. The molecule has 2 rings (SSSR count). The van der Waals surface area contributed by atoms with Gasteiger partial charge in [-0.3, -0.25) is 9.59 Å². The minimum atomic E-state index is -0.0860. The number of likely N-dealkylation sites (tertiary alicyclic amines) is 1. The average Bonchev–Trinajstić information content (AvgIpc) is 2.79. The first-order valence-electron chi connectivity index (χ1n) is 6.59. The molecule has 1 aromatic carbocycles. The maximum absolute atomic E-state index is 12.5. The lowest BCUT2D eigenvalue weighted by molar-refractivity contribution is -0.117. The number of hydrogen-bond acceptors (Lipinski definition) is 3. The van der Waals surface area contributed by atoms with E-state index >= 15 is 0 Å². The van der Waals surface area contributed by atoms with E-state index < -0.39 is 0 Å². The highest BCUT2D eigenvalue weighted by atomic mass is 16.3. The molecule has 1 N–H and O–H groups in total. The van der Waals surface area contributed by atoms with Crippen molar-refractivity contribution in [3.05, 3.63) is 29.3 Å². The van der Waals surface area contributed by atoms with Crippen LogP contribution < -0.4 is 0 Å². The number of carbonyl (C=O) groups excluding carboxylic acids is 2. The van der Waals surface area contributed by atoms with Crippen LogP contribution in [0.1, 0.15) is 42.1 Å². The summed E-state index contributed by atoms with van der Waals surface area (Å²) in [5, 5.41) is 9.68. The molecule has 0 spiro atoms. The normalized spacial score (nSPS) is 18.6. The van der Waals surface area contributed by atoms with Gasteiger partial charge in [0.25, 0.3) is 5.91 Å². The summed E-state index contributed by atoms with van der Waals surface area (Å²) in [6.45, 7) is 3.98. The van der Waals surface area contributed by atoms with E-state index in [0.717, 1.165) is 12.8 Å². The minimum Gasteiger partial charge on any atom is -0.508 e. The summed E-state index contributed by atoms with van der Waals surface area (Å²) in [7, 11) is 0. The third kappa shape index (κ3) is 2.78. The van der Waals surface area contributed by atoms with Crippen molar-refractivity contribution in [1.82, 2.24) is 4.90 Å². The van der Waals surface area contributed by atoms with Crippen molar-refractivity contribution in [1.29, 1.82) is 0 Å². The van der Waals surface area contributed by atoms with Crippen LogP contribution in [0.25, 0.3) is 0 Å². The zero-order valence-electron chi connectivity index (χ0n) is 11.3. The molecule has 4 heteroatoms. The summed E-state index contributed by atoms with van der Waals surface area (Å²) in [4.78, 5) is 25.5. The van der Waals surface area contributed by atoms with Crippen LogP contribution in [0.5, 0.6) is 5.75 Å². The van der Waals surface area contributed by atoms with Crippen molar-refractivity contribution in [3.8, 4) is 5.75 Å². The quantitative estimate of drug-likeness (QED) is 0.908. The number of benzene rings is 1. The van der Waals surface area contributed by atoms with Gasteiger partial charge in [0, 0.05) is 30.1 Å². The van der Waals surface area contributed by atoms with Crippen LogP contribution in [0.3, 0.4) is 0 Å². The Labute approximate surface area is 113 Å². The smallest absolute Gasteiger partial charge is 0.254 e. The number of Topliss-reactive ketones (excluding diaryl/α,β-unsaturated/α-hetero) is 1. The Kier molecular flexibility index (Phi) is 3.88. The summed E-state index contributed by atoms with van der Waals surface area (Å²) >= 11 is 0. The van der Waals surface area contributed by atoms with E-state index in [1.807, 2.05) is 0 Å². The lowest BCUT2D eigenvalue weighted by Gasteiger charge is -2.24. The molecule has 19 heavy (non-hydrogen) atoms. The molecule has 4 nitrogen and oxygen atoms in total. The molecule has 1 aromatic rings. The SMILES string of the molecule is CC(=O)CC1CCCN1C(=O)c1cccc(O)c1C. The fourth-order valence-corrected chi connectivity index (χ4v) is 2.66. The first-order valence-corrected chi connectivity index (χ1v) is 6.59. The van der Waals surface area contributed by atoms with Gasteiger partial charge in [0.2, 0.25) is 0 Å². The Morgan fingerprint density at radius 2 is 2.16 bits per heavy atom. The molecule has 1 atom stereocenters. The molecule has 1 fully saturated rings. The topological polar surface area (TPSA) is 57.6 Å². The van der Waals surface area contributed by atoms with Crippen LogP contribution in [0.15, 0.2) is 18.2 Å². The highest BCUT2D eigenvalue weighted by molar-refractivity contribution is 5.97. The lowest BCUT2D eigenvalue weighted by atomic mass is 10.0. The van der Waals surface area contributed by atoms with Gasteiger partial charge in [-0.05, 0) is 38.8 Å². The van der Waals surface area contributed by atoms with Crippen LogP contribution in [-0.4, -0.2) is 34.3 Å². The fourth-order valence-electron chi connectivity index (χ4n) is 2.66. The maximum atomic E-state index is 12.5. The minimum absolute atomic E-state index is 0.00625. The third-order valence-electron chi connectivity index (χ3n) is 3.70. The third-order valence-corrected chi connectivity index (χ3v) is 3.70. The molecule has 1 unspecified atom stereocenters. The molecule has 0 saturated carbocycles. The van der Waals surface area contributed by atoms with Gasteiger partial charge >= 0.3 is 0 Å². The van der Waals surface area contributed by atoms with E-state index in [2.05, 4.69) is 0 Å². The van der Waals surface area contributed by atoms with Gasteiger partial charge in [0.15, 0.2) is 0 Å². The van der Waals surface area contributed by atoms with E-state index in [4.69, 9.17) is 0 Å². The molecule has 0 aromatic heterocycles. The van der Waals surface area contributed by atoms with Crippen molar-refractivity contribution in [2.24, 2.45) is 0 Å². The Morgan fingerprint density at radius 3 is 2.84 bits per heavy atom. The van der Waals surface area contributed by atoms with E-state index in [9.17, 15) is 14.7 Å². The highest BCUT2D eigenvalue weighted by Crippen LogP contribution is 2.26. The Hall–Kier alpha value is -1.84. The molecule has 1 amide bonds. The standard InChI is InChI=1S/C15H19NO3/c1-10(17)9-12-5-4-8-16(12)15(19)13-6-3-7-14(18)11(13)2/h3,6-7,12,18H,4-5,8-9H2,1-2H3. The van der Waals surface area contributed by atoms with Gasteiger partial charge in [-0.25, -0.2) is 0 Å². The number of phenols is 1. The van der Waals surface area contributed by atoms with E-state index in [1.165, 1.54) is 0 Å². The van der Waals surface area contributed by atoms with Crippen LogP contribution in [0.2, 0.25) is 0 Å². The molecule has 1 aliphatic rings. The van der Waals surface area contributed by atoms with Crippen molar-refractivity contribution in [2.75, 3.05) is 6.54 Å². The molecule has 0 bridgehead atoms. The summed E-state index contributed by atoms with van der Waals surface area (Å²) in [5.41, 5.74) is 1.12. The highest BCUT2D eigenvalue weighted by Gasteiger charge is 2.30. The molecule has 102 valence electrons. The van der Waals surface area contributed by atoms with Gasteiger partial charge in [-0.15, -0.1) is 0 Å². The Balaban J connectivity index is 2.23. The Bertz CT molecular complexity index is 510. The fraction of sp³-hybridized carbons (Fsp3) is 0.467.